The van der Waals surface area contributed by atoms with Crippen LogP contribution in [0.5, 0.6) is 0 Å². The summed E-state index contributed by atoms with van der Waals surface area (Å²) >= 11 is 5.57. The lowest BCUT2D eigenvalue weighted by atomic mass is 10.2. The Kier molecular flexibility index (Phi) is 4.88. The molecule has 0 fully saturated rings. The predicted octanol–water partition coefficient (Wildman–Crippen LogP) is 2.88. The lowest BCUT2D eigenvalue weighted by Crippen LogP contribution is -2.41. The number of alkyl halides is 4. The molecule has 1 amide bonds. The fourth-order valence-corrected chi connectivity index (χ4v) is 1.49. The van der Waals surface area contributed by atoms with Gasteiger partial charge in [0.2, 0.25) is 0 Å². The fraction of sp³-hybridized carbons (Fsp3) is 0.300. The molecule has 0 spiro atoms. The maximum absolute atomic E-state index is 12.6. The first-order chi connectivity index (χ1) is 9.16. The Hall–Kier alpha value is -1.90. The molecule has 20 heavy (non-hydrogen) atoms. The van der Waals surface area contributed by atoms with Crippen molar-refractivity contribution in [3.05, 3.63) is 38.9 Å². The van der Waals surface area contributed by atoms with Crippen LogP contribution in [0.2, 0.25) is 5.02 Å². The van der Waals surface area contributed by atoms with E-state index in [4.69, 9.17) is 11.6 Å². The zero-order valence-electron chi connectivity index (χ0n) is 9.58. The Balaban J connectivity index is 2.89. The highest BCUT2D eigenvalue weighted by Crippen LogP contribution is 2.28. The highest BCUT2D eigenvalue weighted by atomic mass is 35.5. The average Bonchev–Trinajstić information content (AvgIpc) is 2.35. The Morgan fingerprint density at radius 2 is 2.05 bits per heavy atom. The third-order valence-electron chi connectivity index (χ3n) is 2.22. The summed E-state index contributed by atoms with van der Waals surface area (Å²) in [6.45, 7) is -1.61. The number of nitro groups is 1. The second kappa shape index (κ2) is 6.04. The summed E-state index contributed by atoms with van der Waals surface area (Å²) in [6, 6.07) is 3.17. The number of benzene rings is 1. The van der Waals surface area contributed by atoms with Gasteiger partial charge < -0.3 is 5.32 Å². The Labute approximate surface area is 114 Å². The summed E-state index contributed by atoms with van der Waals surface area (Å²) in [5.41, 5.74) is -1.05. The van der Waals surface area contributed by atoms with Gasteiger partial charge in [-0.15, -0.1) is 0 Å². The largest absolute Gasteiger partial charge is 0.346 e. The molecule has 0 aromatic heterocycles. The maximum atomic E-state index is 12.6. The molecule has 1 aromatic rings. The van der Waals surface area contributed by atoms with Crippen molar-refractivity contribution < 1.29 is 27.3 Å². The molecule has 5 nitrogen and oxygen atoms in total. The van der Waals surface area contributed by atoms with Crippen molar-refractivity contribution in [2.24, 2.45) is 0 Å². The van der Waals surface area contributed by atoms with Crippen LogP contribution in [0.3, 0.4) is 0 Å². The minimum absolute atomic E-state index is 0.453. The number of halogens is 5. The van der Waals surface area contributed by atoms with Crippen LogP contribution in [-0.4, -0.2) is 29.7 Å². The number of nitro benzene ring substituents is 1. The molecule has 0 heterocycles. The zero-order chi connectivity index (χ0) is 15.5. The topological polar surface area (TPSA) is 72.2 Å². The number of hydrogen-bond donors (Lipinski definition) is 1. The van der Waals surface area contributed by atoms with Gasteiger partial charge in [-0.1, -0.05) is 17.7 Å². The first-order valence-corrected chi connectivity index (χ1v) is 5.41. The SMILES string of the molecule is O=C(NCC(F)(F)C(F)F)c1cccc([N+](=O)[O-])c1Cl. The zero-order valence-corrected chi connectivity index (χ0v) is 10.3. The van der Waals surface area contributed by atoms with E-state index in [2.05, 4.69) is 0 Å². The van der Waals surface area contributed by atoms with Crippen molar-refractivity contribution in [3.63, 3.8) is 0 Å². The summed E-state index contributed by atoms with van der Waals surface area (Å²) in [7, 11) is 0. The van der Waals surface area contributed by atoms with Crippen LogP contribution in [0.25, 0.3) is 0 Å². The van der Waals surface area contributed by atoms with Crippen LogP contribution in [-0.2, 0) is 0 Å². The van der Waals surface area contributed by atoms with Gasteiger partial charge in [0.25, 0.3) is 11.6 Å². The molecular weight excluding hydrogens is 308 g/mol. The van der Waals surface area contributed by atoms with Crippen LogP contribution in [0.4, 0.5) is 23.2 Å². The quantitative estimate of drug-likeness (QED) is 0.516. The fourth-order valence-electron chi connectivity index (χ4n) is 1.21. The predicted molar refractivity (Wildman–Crippen MR) is 61.4 cm³/mol. The van der Waals surface area contributed by atoms with Crippen molar-refractivity contribution in [3.8, 4) is 0 Å². The standard InChI is InChI=1S/C10H7ClF4N2O3/c11-7-5(2-1-3-6(7)17(19)20)8(18)16-4-10(14,15)9(12)13/h1-3,9H,4H2,(H,16,18). The number of nitrogens with zero attached hydrogens (tertiary/aromatic N) is 1. The Bertz CT molecular complexity index is 539. The van der Waals surface area contributed by atoms with Gasteiger partial charge in [-0.05, 0) is 6.07 Å². The van der Waals surface area contributed by atoms with Crippen molar-refractivity contribution in [1.29, 1.82) is 0 Å². The first-order valence-electron chi connectivity index (χ1n) is 5.04. The van der Waals surface area contributed by atoms with Gasteiger partial charge in [0, 0.05) is 6.07 Å². The van der Waals surface area contributed by atoms with E-state index >= 15 is 0 Å². The highest BCUT2D eigenvalue weighted by molar-refractivity contribution is 6.35. The third kappa shape index (κ3) is 3.56. The van der Waals surface area contributed by atoms with Crippen LogP contribution in [0, 0.1) is 10.1 Å². The number of carbonyl (C=O) groups is 1. The van der Waals surface area contributed by atoms with E-state index in [1.807, 2.05) is 0 Å². The summed E-state index contributed by atoms with van der Waals surface area (Å²) < 4.78 is 49.0. The van der Waals surface area contributed by atoms with Crippen LogP contribution in [0.1, 0.15) is 10.4 Å². The minimum Gasteiger partial charge on any atom is -0.346 e. The normalized spacial score (nSPS) is 11.5. The number of hydrogen-bond acceptors (Lipinski definition) is 3. The smallest absolute Gasteiger partial charge is 0.324 e. The Morgan fingerprint density at radius 1 is 1.45 bits per heavy atom. The molecule has 0 aliphatic rings. The highest BCUT2D eigenvalue weighted by Gasteiger charge is 2.41. The summed E-state index contributed by atoms with van der Waals surface area (Å²) in [6.07, 6.45) is -3.94. The molecule has 0 atom stereocenters. The molecular formula is C10H7ClF4N2O3. The van der Waals surface area contributed by atoms with E-state index < -0.39 is 46.0 Å². The van der Waals surface area contributed by atoms with E-state index in [0.717, 1.165) is 18.2 Å². The lowest BCUT2D eigenvalue weighted by Gasteiger charge is -2.15. The van der Waals surface area contributed by atoms with E-state index in [-0.39, 0.29) is 0 Å². The van der Waals surface area contributed by atoms with Crippen molar-refractivity contribution >= 4 is 23.2 Å². The minimum atomic E-state index is -4.40. The molecule has 1 N–H and O–H groups in total. The van der Waals surface area contributed by atoms with Gasteiger partial charge in [-0.2, -0.15) is 8.78 Å². The molecule has 0 unspecified atom stereocenters. The van der Waals surface area contributed by atoms with Gasteiger partial charge in [-0.25, -0.2) is 8.78 Å². The molecule has 0 bridgehead atoms. The molecule has 1 rings (SSSR count). The monoisotopic (exact) mass is 314 g/mol. The summed E-state index contributed by atoms with van der Waals surface area (Å²) in [5, 5.41) is 11.6. The van der Waals surface area contributed by atoms with Crippen molar-refractivity contribution in [1.82, 2.24) is 5.32 Å². The number of nitrogens with one attached hydrogen (secondary N) is 1. The van der Waals surface area contributed by atoms with Gasteiger partial charge in [0.15, 0.2) is 0 Å². The number of carbonyl (C=O) groups excluding carboxylic acids is 1. The average molecular weight is 315 g/mol. The molecule has 110 valence electrons. The Morgan fingerprint density at radius 3 is 2.55 bits per heavy atom. The number of amides is 1. The summed E-state index contributed by atoms with van der Waals surface area (Å²) in [4.78, 5) is 21.2. The lowest BCUT2D eigenvalue weighted by molar-refractivity contribution is -0.384. The van der Waals surface area contributed by atoms with E-state index in [1.165, 1.54) is 0 Å². The van der Waals surface area contributed by atoms with E-state index in [0.29, 0.717) is 0 Å². The van der Waals surface area contributed by atoms with E-state index in [9.17, 15) is 32.5 Å². The third-order valence-corrected chi connectivity index (χ3v) is 2.62. The molecule has 10 heteroatoms. The molecule has 0 aliphatic carbocycles. The van der Waals surface area contributed by atoms with Crippen LogP contribution in [0.15, 0.2) is 18.2 Å². The van der Waals surface area contributed by atoms with Gasteiger partial charge in [-0.3, -0.25) is 14.9 Å². The molecule has 0 saturated carbocycles. The maximum Gasteiger partial charge on any atom is 0.324 e. The molecule has 0 aliphatic heterocycles. The summed E-state index contributed by atoms with van der Waals surface area (Å²) in [5.74, 6) is -5.61. The second-order valence-corrected chi connectivity index (χ2v) is 4.02. The second-order valence-electron chi connectivity index (χ2n) is 3.64. The van der Waals surface area contributed by atoms with Crippen LogP contribution >= 0.6 is 11.6 Å². The van der Waals surface area contributed by atoms with Gasteiger partial charge >= 0.3 is 12.3 Å². The first kappa shape index (κ1) is 16.2. The molecule has 0 saturated heterocycles. The molecule has 0 radical (unpaired) electrons. The van der Waals surface area contributed by atoms with Crippen LogP contribution < -0.4 is 5.32 Å². The van der Waals surface area contributed by atoms with Gasteiger partial charge in [0.05, 0.1) is 17.0 Å². The van der Waals surface area contributed by atoms with Crippen molar-refractivity contribution in [2.45, 2.75) is 12.3 Å². The van der Waals surface area contributed by atoms with E-state index in [1.54, 1.807) is 5.32 Å². The van der Waals surface area contributed by atoms with Crippen molar-refractivity contribution in [2.75, 3.05) is 6.54 Å². The van der Waals surface area contributed by atoms with Gasteiger partial charge in [0.1, 0.15) is 5.02 Å². The number of rotatable bonds is 5. The molecule has 1 aromatic carbocycles.